The molecular formula is C15H26O2S. The highest BCUT2D eigenvalue weighted by atomic mass is 32.2. The van der Waals surface area contributed by atoms with Gasteiger partial charge in [0.2, 0.25) is 0 Å². The largest absolute Gasteiger partial charge is 0.390 e. The van der Waals surface area contributed by atoms with Crippen LogP contribution in [0.2, 0.25) is 0 Å². The fourth-order valence-corrected chi connectivity index (χ4v) is 5.71. The summed E-state index contributed by atoms with van der Waals surface area (Å²) in [6.07, 6.45) is 12.5. The van der Waals surface area contributed by atoms with Gasteiger partial charge >= 0.3 is 0 Å². The summed E-state index contributed by atoms with van der Waals surface area (Å²) in [5, 5.41) is 11.2. The van der Waals surface area contributed by atoms with Crippen LogP contribution in [0.3, 0.4) is 0 Å². The number of hydrogen-bond donors (Lipinski definition) is 1. The molecule has 3 heteroatoms. The molecule has 104 valence electrons. The molecule has 2 heterocycles. The number of aliphatic hydroxyl groups is 1. The minimum Gasteiger partial charge on any atom is -0.390 e. The molecular weight excluding hydrogens is 244 g/mol. The van der Waals surface area contributed by atoms with Gasteiger partial charge in [0.25, 0.3) is 0 Å². The predicted molar refractivity (Wildman–Crippen MR) is 77.0 cm³/mol. The third-order valence-corrected chi connectivity index (χ3v) is 6.60. The van der Waals surface area contributed by atoms with Crippen LogP contribution in [0.5, 0.6) is 0 Å². The maximum atomic E-state index is 11.9. The Kier molecular flexibility index (Phi) is 5.02. The number of unbranched alkanes of at least 4 members (excludes halogenated alkanes) is 4. The zero-order chi connectivity index (χ0) is 13.0. The first kappa shape index (κ1) is 14.3. The normalized spacial score (nSPS) is 38.8. The Morgan fingerprint density at radius 1 is 1.17 bits per heavy atom. The zero-order valence-corrected chi connectivity index (χ0v) is 12.1. The molecule has 0 saturated carbocycles. The Hall–Kier alpha value is -0.150. The summed E-state index contributed by atoms with van der Waals surface area (Å²) in [5.74, 6) is 0. The first-order valence-corrected chi connectivity index (χ1v) is 8.65. The molecule has 1 N–H and O–H groups in total. The van der Waals surface area contributed by atoms with Crippen molar-refractivity contribution in [2.45, 2.75) is 80.3 Å². The van der Waals surface area contributed by atoms with Gasteiger partial charge in [-0.15, -0.1) is 6.58 Å². The second kappa shape index (κ2) is 6.33. The van der Waals surface area contributed by atoms with Crippen LogP contribution in [-0.4, -0.2) is 25.4 Å². The van der Waals surface area contributed by atoms with Gasteiger partial charge in [0.1, 0.15) is 0 Å². The molecule has 0 aromatic heterocycles. The van der Waals surface area contributed by atoms with E-state index in [9.17, 15) is 9.32 Å². The molecule has 0 aromatic rings. The summed E-state index contributed by atoms with van der Waals surface area (Å²) in [4.78, 5) is 0. The molecule has 0 spiro atoms. The molecule has 2 bridgehead atoms. The number of allylic oxidation sites excluding steroid dienone is 1. The van der Waals surface area contributed by atoms with Gasteiger partial charge in [-0.1, -0.05) is 25.3 Å². The summed E-state index contributed by atoms with van der Waals surface area (Å²) in [7, 11) is -0.648. The van der Waals surface area contributed by atoms with Gasteiger partial charge in [0.05, 0.1) is 5.60 Å². The van der Waals surface area contributed by atoms with E-state index in [1.165, 1.54) is 19.3 Å². The molecule has 2 unspecified atom stereocenters. The van der Waals surface area contributed by atoms with E-state index in [0.717, 1.165) is 44.9 Å². The van der Waals surface area contributed by atoms with Crippen LogP contribution in [0, 0.1) is 0 Å². The average Bonchev–Trinajstić information content (AvgIpc) is 2.58. The SMILES string of the molecule is C=CCCCCCCC1(O)CC2CCC(C1)S2=O. The standard InChI is InChI=1S/C15H26O2S/c1-2-3-4-5-6-7-10-15(16)11-13-8-9-14(12-15)18(13)17/h2,13-14,16H,1,3-12H2. The van der Waals surface area contributed by atoms with E-state index in [1.807, 2.05) is 6.08 Å². The molecule has 0 aliphatic carbocycles. The molecule has 2 nitrogen and oxygen atoms in total. The molecule has 2 aliphatic heterocycles. The van der Waals surface area contributed by atoms with Crippen molar-refractivity contribution in [2.24, 2.45) is 0 Å². The number of fused-ring (bicyclic) bond motifs is 2. The van der Waals surface area contributed by atoms with Crippen LogP contribution in [0.25, 0.3) is 0 Å². The summed E-state index contributed by atoms with van der Waals surface area (Å²) in [5.41, 5.74) is -0.502. The van der Waals surface area contributed by atoms with Crippen LogP contribution < -0.4 is 0 Å². The summed E-state index contributed by atoms with van der Waals surface area (Å²) in [6, 6.07) is 0. The molecule has 2 fully saturated rings. The Bertz CT molecular complexity index is 298. The summed E-state index contributed by atoms with van der Waals surface area (Å²) in [6.45, 7) is 3.72. The van der Waals surface area contributed by atoms with Crippen molar-refractivity contribution in [3.8, 4) is 0 Å². The highest BCUT2D eigenvalue weighted by Crippen LogP contribution is 2.42. The van der Waals surface area contributed by atoms with Crippen molar-refractivity contribution in [3.05, 3.63) is 12.7 Å². The van der Waals surface area contributed by atoms with E-state index >= 15 is 0 Å². The lowest BCUT2D eigenvalue weighted by molar-refractivity contribution is 0.0119. The summed E-state index contributed by atoms with van der Waals surface area (Å²) >= 11 is 0. The lowest BCUT2D eigenvalue weighted by atomic mass is 9.88. The van der Waals surface area contributed by atoms with Gasteiger partial charge in [0.15, 0.2) is 0 Å². The highest BCUT2D eigenvalue weighted by Gasteiger charge is 2.46. The lowest BCUT2D eigenvalue weighted by Crippen LogP contribution is -2.42. The maximum absolute atomic E-state index is 11.9. The van der Waals surface area contributed by atoms with Crippen molar-refractivity contribution in [1.29, 1.82) is 0 Å². The van der Waals surface area contributed by atoms with Gasteiger partial charge in [0, 0.05) is 21.3 Å². The van der Waals surface area contributed by atoms with Crippen LogP contribution in [-0.2, 0) is 10.8 Å². The van der Waals surface area contributed by atoms with Gasteiger partial charge in [-0.3, -0.25) is 4.21 Å². The second-order valence-electron chi connectivity index (χ2n) is 6.02. The Labute approximate surface area is 113 Å². The molecule has 0 amide bonds. The monoisotopic (exact) mass is 270 g/mol. The Morgan fingerprint density at radius 2 is 1.78 bits per heavy atom. The van der Waals surface area contributed by atoms with Gasteiger partial charge in [-0.05, 0) is 44.9 Å². The quantitative estimate of drug-likeness (QED) is 0.569. The van der Waals surface area contributed by atoms with E-state index in [-0.39, 0.29) is 10.5 Å². The number of rotatable bonds is 7. The predicted octanol–water partition coefficient (Wildman–Crippen LogP) is 3.32. The second-order valence-corrected chi connectivity index (χ2v) is 8.01. The molecule has 0 radical (unpaired) electrons. The van der Waals surface area contributed by atoms with Crippen molar-refractivity contribution in [3.63, 3.8) is 0 Å². The van der Waals surface area contributed by atoms with E-state index < -0.39 is 16.4 Å². The van der Waals surface area contributed by atoms with Crippen molar-refractivity contribution >= 4 is 10.8 Å². The van der Waals surface area contributed by atoms with Crippen molar-refractivity contribution in [2.75, 3.05) is 0 Å². The Morgan fingerprint density at radius 3 is 2.39 bits per heavy atom. The minimum atomic E-state index is -0.648. The molecule has 2 atom stereocenters. The van der Waals surface area contributed by atoms with Gasteiger partial charge in [-0.2, -0.15) is 0 Å². The summed E-state index contributed by atoms with van der Waals surface area (Å²) < 4.78 is 11.9. The first-order chi connectivity index (χ1) is 8.64. The van der Waals surface area contributed by atoms with Crippen LogP contribution >= 0.6 is 0 Å². The average molecular weight is 270 g/mol. The fourth-order valence-electron chi connectivity index (χ4n) is 3.48. The lowest BCUT2D eigenvalue weighted by Gasteiger charge is -2.36. The van der Waals surface area contributed by atoms with Gasteiger partial charge < -0.3 is 5.11 Å². The van der Waals surface area contributed by atoms with Crippen molar-refractivity contribution < 1.29 is 9.32 Å². The smallest absolute Gasteiger partial charge is 0.0670 e. The van der Waals surface area contributed by atoms with E-state index in [4.69, 9.17) is 0 Å². The highest BCUT2D eigenvalue weighted by molar-refractivity contribution is 7.86. The zero-order valence-electron chi connectivity index (χ0n) is 11.3. The Balaban J connectivity index is 1.69. The topological polar surface area (TPSA) is 37.3 Å². The van der Waals surface area contributed by atoms with E-state index in [0.29, 0.717) is 0 Å². The van der Waals surface area contributed by atoms with Crippen LogP contribution in [0.4, 0.5) is 0 Å². The molecule has 2 rings (SSSR count). The van der Waals surface area contributed by atoms with Crippen molar-refractivity contribution in [1.82, 2.24) is 0 Å². The third-order valence-electron chi connectivity index (χ3n) is 4.48. The molecule has 18 heavy (non-hydrogen) atoms. The van der Waals surface area contributed by atoms with Crippen LogP contribution in [0.15, 0.2) is 12.7 Å². The molecule has 2 aliphatic rings. The van der Waals surface area contributed by atoms with Gasteiger partial charge in [-0.25, -0.2) is 0 Å². The van der Waals surface area contributed by atoms with Crippen LogP contribution in [0.1, 0.15) is 64.2 Å². The number of hydrogen-bond acceptors (Lipinski definition) is 2. The van der Waals surface area contributed by atoms with E-state index in [1.54, 1.807) is 0 Å². The first-order valence-electron chi connectivity index (χ1n) is 7.37. The molecule has 0 aromatic carbocycles. The fraction of sp³-hybridized carbons (Fsp3) is 0.867. The maximum Gasteiger partial charge on any atom is 0.0670 e. The van der Waals surface area contributed by atoms with E-state index in [2.05, 4.69) is 6.58 Å². The third kappa shape index (κ3) is 3.45. The minimum absolute atomic E-state index is 0.287. The molecule has 2 saturated heterocycles.